The number of fused-ring (bicyclic) bond motifs is 2. The second-order valence-corrected chi connectivity index (χ2v) is 12.0. The van der Waals surface area contributed by atoms with Crippen LogP contribution in [0.15, 0.2) is 12.5 Å². The molecule has 1 amide bonds. The summed E-state index contributed by atoms with van der Waals surface area (Å²) >= 11 is 2.14. The van der Waals surface area contributed by atoms with Crippen LogP contribution >= 0.6 is 22.6 Å². The lowest BCUT2D eigenvalue weighted by Gasteiger charge is -2.25. The van der Waals surface area contributed by atoms with Crippen LogP contribution in [0.1, 0.15) is 40.8 Å². The van der Waals surface area contributed by atoms with Crippen LogP contribution in [0, 0.1) is 3.57 Å². The van der Waals surface area contributed by atoms with Crippen molar-refractivity contribution in [3.8, 4) is 0 Å². The summed E-state index contributed by atoms with van der Waals surface area (Å²) in [4.78, 5) is 20.3. The first-order valence-electron chi connectivity index (χ1n) is 10.4. The summed E-state index contributed by atoms with van der Waals surface area (Å²) in [7, 11) is -4.40. The van der Waals surface area contributed by atoms with Crippen molar-refractivity contribution in [2.45, 2.75) is 70.5 Å². The Morgan fingerprint density at radius 1 is 1.29 bits per heavy atom. The van der Waals surface area contributed by atoms with E-state index in [1.165, 1.54) is 6.33 Å². The van der Waals surface area contributed by atoms with Gasteiger partial charge in [0.15, 0.2) is 12.0 Å². The average molecular weight is 610 g/mol. The molecule has 4 heterocycles. The third kappa shape index (κ3) is 5.23. The summed E-state index contributed by atoms with van der Waals surface area (Å²) in [6, 6.07) is 0. The first kappa shape index (κ1) is 25.3. The van der Waals surface area contributed by atoms with Crippen molar-refractivity contribution in [2.24, 2.45) is 0 Å². The van der Waals surface area contributed by atoms with E-state index in [1.54, 1.807) is 39.2 Å². The summed E-state index contributed by atoms with van der Waals surface area (Å²) in [5.41, 5.74) is 5.92. The molecule has 0 bridgehead atoms. The topological polar surface area (TPSA) is 169 Å². The third-order valence-electron chi connectivity index (χ3n) is 5.12. The third-order valence-corrected chi connectivity index (χ3v) is 6.82. The lowest BCUT2D eigenvalue weighted by atomic mass is 10.1. The van der Waals surface area contributed by atoms with Crippen LogP contribution in [0.5, 0.6) is 0 Å². The Kier molecular flexibility index (Phi) is 6.48. The van der Waals surface area contributed by atoms with Crippen molar-refractivity contribution in [1.29, 1.82) is 0 Å². The normalized spacial score (nSPS) is 26.5. The average Bonchev–Trinajstić information content (AvgIpc) is 3.27. The number of anilines is 1. The lowest BCUT2D eigenvalue weighted by molar-refractivity contribution is -0.195. The standard InChI is InChI=1S/C19H27IN6O7S/c1-18(2,3)25-17(27)33-34(28,29)24-6-10-12-13(32-19(4,5)31-12)16(30-10)26-7-9(20)11-14(21)22-8-23-15(11)26/h7-8,10,12-13,16,24H,6H2,1-5H3,(H,25,27)(H2,21,22,23)/t10-,12-,13-,16-/m1/s1. The van der Waals surface area contributed by atoms with Gasteiger partial charge in [0.2, 0.25) is 0 Å². The summed E-state index contributed by atoms with van der Waals surface area (Å²) in [5.74, 6) is -0.580. The molecule has 15 heteroatoms. The SMILES string of the molecule is CC(C)(C)NC(=O)OS(=O)(=O)NC[C@H]1O[C@@H](n2cc(I)c3c(N)ncnc32)[C@@H]2OC(C)(C)O[C@@H]21. The van der Waals surface area contributed by atoms with E-state index in [9.17, 15) is 13.2 Å². The predicted octanol–water partition coefficient (Wildman–Crippen LogP) is 1.39. The molecule has 2 saturated heterocycles. The molecule has 0 aromatic carbocycles. The van der Waals surface area contributed by atoms with E-state index in [-0.39, 0.29) is 6.54 Å². The Balaban J connectivity index is 1.54. The first-order valence-corrected chi connectivity index (χ1v) is 12.9. The highest BCUT2D eigenvalue weighted by molar-refractivity contribution is 14.1. The minimum Gasteiger partial charge on any atom is -0.383 e. The molecule has 34 heavy (non-hydrogen) atoms. The van der Waals surface area contributed by atoms with Crippen molar-refractivity contribution in [3.63, 3.8) is 0 Å². The zero-order chi connectivity index (χ0) is 25.1. The van der Waals surface area contributed by atoms with Crippen LogP contribution in [0.2, 0.25) is 0 Å². The maximum absolute atomic E-state index is 12.3. The molecule has 4 N–H and O–H groups in total. The van der Waals surface area contributed by atoms with Crippen molar-refractivity contribution in [2.75, 3.05) is 12.3 Å². The second-order valence-electron chi connectivity index (χ2n) is 9.52. The predicted molar refractivity (Wildman–Crippen MR) is 129 cm³/mol. The Morgan fingerprint density at radius 2 is 1.97 bits per heavy atom. The minimum atomic E-state index is -4.40. The quantitative estimate of drug-likeness (QED) is 0.421. The van der Waals surface area contributed by atoms with Gasteiger partial charge in [-0.1, -0.05) is 0 Å². The molecule has 188 valence electrons. The molecule has 0 aliphatic carbocycles. The van der Waals surface area contributed by atoms with Crippen molar-refractivity contribution in [3.05, 3.63) is 16.1 Å². The van der Waals surface area contributed by atoms with Crippen LogP contribution in [0.4, 0.5) is 10.6 Å². The van der Waals surface area contributed by atoms with Crippen molar-refractivity contribution >= 4 is 55.8 Å². The zero-order valence-electron chi connectivity index (χ0n) is 19.2. The monoisotopic (exact) mass is 610 g/mol. The van der Waals surface area contributed by atoms with Crippen LogP contribution < -0.4 is 15.8 Å². The highest BCUT2D eigenvalue weighted by Crippen LogP contribution is 2.44. The highest BCUT2D eigenvalue weighted by Gasteiger charge is 2.56. The van der Waals surface area contributed by atoms with E-state index in [4.69, 9.17) is 19.9 Å². The molecule has 2 aromatic heterocycles. The van der Waals surface area contributed by atoms with Gasteiger partial charge in [-0.15, -0.1) is 0 Å². The van der Waals surface area contributed by atoms with Crippen LogP contribution in [-0.4, -0.2) is 65.2 Å². The van der Waals surface area contributed by atoms with Gasteiger partial charge < -0.3 is 34.0 Å². The Bertz CT molecular complexity index is 1210. The number of aromatic nitrogens is 3. The lowest BCUT2D eigenvalue weighted by Crippen LogP contribution is -2.45. The van der Waals surface area contributed by atoms with E-state index in [0.717, 1.165) is 3.57 Å². The number of amides is 1. The largest absolute Gasteiger partial charge is 0.424 e. The Labute approximate surface area is 210 Å². The number of carbonyl (C=O) groups excluding carboxylic acids is 1. The van der Waals surface area contributed by atoms with Gasteiger partial charge in [-0.3, -0.25) is 0 Å². The molecule has 0 spiro atoms. The van der Waals surface area contributed by atoms with Crippen LogP contribution in [-0.2, 0) is 28.7 Å². The van der Waals surface area contributed by atoms with Gasteiger partial charge in [0, 0.05) is 21.9 Å². The molecular weight excluding hydrogens is 583 g/mol. The number of rotatable bonds is 5. The van der Waals surface area contributed by atoms with E-state index in [2.05, 4.69) is 46.8 Å². The van der Waals surface area contributed by atoms with Crippen molar-refractivity contribution in [1.82, 2.24) is 24.6 Å². The van der Waals surface area contributed by atoms with Gasteiger partial charge in [-0.2, -0.15) is 13.1 Å². The van der Waals surface area contributed by atoms with E-state index >= 15 is 0 Å². The molecule has 4 atom stereocenters. The van der Waals surface area contributed by atoms with E-state index in [0.29, 0.717) is 16.9 Å². The second kappa shape index (κ2) is 8.70. The first-order chi connectivity index (χ1) is 15.7. The van der Waals surface area contributed by atoms with Gasteiger partial charge >= 0.3 is 16.4 Å². The molecule has 4 rings (SSSR count). The summed E-state index contributed by atoms with van der Waals surface area (Å²) in [6.07, 6.45) is -0.480. The van der Waals surface area contributed by atoms with Crippen LogP contribution in [0.25, 0.3) is 11.0 Å². The fourth-order valence-corrected chi connectivity index (χ4v) is 5.43. The van der Waals surface area contributed by atoms with Gasteiger partial charge in [-0.05, 0) is 57.2 Å². The number of nitrogens with one attached hydrogen (secondary N) is 2. The van der Waals surface area contributed by atoms with Crippen LogP contribution in [0.3, 0.4) is 0 Å². The summed E-state index contributed by atoms with van der Waals surface area (Å²) in [5, 5.41) is 3.10. The number of ether oxygens (including phenoxy) is 3. The fraction of sp³-hybridized carbons (Fsp3) is 0.632. The summed E-state index contributed by atoms with van der Waals surface area (Å²) in [6.45, 7) is 8.42. The molecule has 2 aliphatic rings. The number of nitrogens with zero attached hydrogens (tertiary/aromatic N) is 3. The minimum absolute atomic E-state index is 0.213. The molecule has 0 unspecified atom stereocenters. The van der Waals surface area contributed by atoms with Crippen molar-refractivity contribution < 1.29 is 31.6 Å². The molecule has 2 fully saturated rings. The van der Waals surface area contributed by atoms with E-state index < -0.39 is 52.3 Å². The van der Waals surface area contributed by atoms with E-state index in [1.807, 2.05) is 6.20 Å². The molecule has 2 aliphatic heterocycles. The Hall–Kier alpha value is -1.79. The number of nitrogens with two attached hydrogens (primary N) is 1. The zero-order valence-corrected chi connectivity index (χ0v) is 22.2. The number of halogens is 1. The number of hydrogen-bond acceptors (Lipinski definition) is 10. The summed E-state index contributed by atoms with van der Waals surface area (Å²) < 4.78 is 52.3. The Morgan fingerprint density at radius 3 is 2.65 bits per heavy atom. The highest BCUT2D eigenvalue weighted by atomic mass is 127. The molecule has 0 radical (unpaired) electrons. The van der Waals surface area contributed by atoms with Gasteiger partial charge in [0.1, 0.15) is 36.1 Å². The fourth-order valence-electron chi connectivity index (χ4n) is 3.94. The smallest absolute Gasteiger partial charge is 0.383 e. The molecule has 0 saturated carbocycles. The number of hydrogen-bond donors (Lipinski definition) is 3. The van der Waals surface area contributed by atoms with Gasteiger partial charge in [0.25, 0.3) is 0 Å². The maximum atomic E-state index is 12.3. The van der Waals surface area contributed by atoms with Gasteiger partial charge in [0.05, 0.1) is 5.39 Å². The number of nitrogen functional groups attached to an aromatic ring is 1. The molecule has 2 aromatic rings. The number of carbonyl (C=O) groups is 1. The maximum Gasteiger partial charge on any atom is 0.424 e. The molecule has 13 nitrogen and oxygen atoms in total. The van der Waals surface area contributed by atoms with Gasteiger partial charge in [-0.25, -0.2) is 14.8 Å². The molecular formula is C19H27IN6O7S.